The van der Waals surface area contributed by atoms with E-state index >= 15 is 0 Å². The van der Waals surface area contributed by atoms with E-state index in [4.69, 9.17) is 0 Å². The van der Waals surface area contributed by atoms with Crippen LogP contribution in [0.2, 0.25) is 0 Å². The fraction of sp³-hybridized carbons (Fsp3) is 0.235. The summed E-state index contributed by atoms with van der Waals surface area (Å²) in [6.45, 7) is 0.705. The van der Waals surface area contributed by atoms with Crippen molar-refractivity contribution in [1.29, 1.82) is 0 Å². The standard InChI is InChI=1S/C17H17NO2S/c19-15-8-6-13(7-9-15)10-11-18-16(20)12-21-17(18)14-4-2-1-3-5-14/h1-9,17,19H,10-12H2. The van der Waals surface area contributed by atoms with Crippen molar-refractivity contribution in [2.75, 3.05) is 12.3 Å². The number of carbonyl (C=O) groups is 1. The van der Waals surface area contributed by atoms with E-state index in [1.54, 1.807) is 23.9 Å². The average molecular weight is 299 g/mol. The SMILES string of the molecule is O=C1CSC(c2ccccc2)N1CCc1ccc(O)cc1. The summed E-state index contributed by atoms with van der Waals surface area (Å²) in [6, 6.07) is 17.3. The third kappa shape index (κ3) is 3.22. The van der Waals surface area contributed by atoms with Gasteiger partial charge < -0.3 is 10.0 Å². The Bertz CT molecular complexity index is 612. The van der Waals surface area contributed by atoms with Crippen molar-refractivity contribution in [2.24, 2.45) is 0 Å². The number of aromatic hydroxyl groups is 1. The summed E-state index contributed by atoms with van der Waals surface area (Å²) in [5, 5.41) is 9.42. The Morgan fingerprint density at radius 2 is 1.81 bits per heavy atom. The zero-order valence-corrected chi connectivity index (χ0v) is 12.4. The summed E-state index contributed by atoms with van der Waals surface area (Å²) < 4.78 is 0. The molecule has 3 rings (SSSR count). The first-order valence-electron chi connectivity index (χ1n) is 6.98. The number of hydrogen-bond acceptors (Lipinski definition) is 3. The van der Waals surface area contributed by atoms with Crippen molar-refractivity contribution in [3.8, 4) is 5.75 Å². The number of phenolic OH excluding ortho intramolecular Hbond substituents is 1. The Labute approximate surface area is 128 Å². The van der Waals surface area contributed by atoms with Crippen LogP contribution in [0.5, 0.6) is 5.75 Å². The molecule has 0 aromatic heterocycles. The molecule has 1 heterocycles. The molecule has 1 unspecified atom stereocenters. The summed E-state index contributed by atoms with van der Waals surface area (Å²) in [7, 11) is 0. The number of benzene rings is 2. The van der Waals surface area contributed by atoms with Crippen molar-refractivity contribution >= 4 is 17.7 Å². The Balaban J connectivity index is 1.70. The molecule has 1 amide bonds. The molecule has 0 radical (unpaired) electrons. The Morgan fingerprint density at radius 3 is 2.52 bits per heavy atom. The third-order valence-electron chi connectivity index (χ3n) is 3.63. The second-order valence-corrected chi connectivity index (χ2v) is 6.15. The number of phenols is 1. The minimum Gasteiger partial charge on any atom is -0.508 e. The number of amides is 1. The van der Waals surface area contributed by atoms with Crippen molar-refractivity contribution in [3.63, 3.8) is 0 Å². The molecule has 1 aliphatic heterocycles. The van der Waals surface area contributed by atoms with Gasteiger partial charge in [0.05, 0.1) is 5.75 Å². The maximum Gasteiger partial charge on any atom is 0.233 e. The maximum atomic E-state index is 12.1. The van der Waals surface area contributed by atoms with Crippen LogP contribution in [0.4, 0.5) is 0 Å². The molecule has 1 atom stereocenters. The van der Waals surface area contributed by atoms with Crippen LogP contribution in [-0.2, 0) is 11.2 Å². The van der Waals surface area contributed by atoms with E-state index in [1.165, 1.54) is 5.56 Å². The summed E-state index contributed by atoms with van der Waals surface area (Å²) in [5.74, 6) is 1.02. The van der Waals surface area contributed by atoms with Crippen LogP contribution >= 0.6 is 11.8 Å². The topological polar surface area (TPSA) is 40.5 Å². The molecule has 0 saturated carbocycles. The normalized spacial score (nSPS) is 18.2. The lowest BCUT2D eigenvalue weighted by molar-refractivity contribution is -0.128. The zero-order chi connectivity index (χ0) is 14.7. The van der Waals surface area contributed by atoms with Crippen LogP contribution in [0, 0.1) is 0 Å². The maximum absolute atomic E-state index is 12.1. The van der Waals surface area contributed by atoms with Crippen molar-refractivity contribution in [3.05, 3.63) is 65.7 Å². The van der Waals surface area contributed by atoms with Gasteiger partial charge in [0.2, 0.25) is 5.91 Å². The van der Waals surface area contributed by atoms with Gasteiger partial charge in [0, 0.05) is 6.54 Å². The van der Waals surface area contributed by atoms with Crippen molar-refractivity contribution in [2.45, 2.75) is 11.8 Å². The highest BCUT2D eigenvalue weighted by Gasteiger charge is 2.32. The third-order valence-corrected chi connectivity index (χ3v) is 4.89. The highest BCUT2D eigenvalue weighted by atomic mass is 32.2. The van der Waals surface area contributed by atoms with E-state index in [-0.39, 0.29) is 17.0 Å². The molecule has 1 aliphatic rings. The van der Waals surface area contributed by atoms with E-state index in [9.17, 15) is 9.90 Å². The van der Waals surface area contributed by atoms with Crippen LogP contribution < -0.4 is 0 Å². The number of thioether (sulfide) groups is 1. The molecule has 1 fully saturated rings. The van der Waals surface area contributed by atoms with Crippen molar-refractivity contribution < 1.29 is 9.90 Å². The predicted octanol–water partition coefficient (Wildman–Crippen LogP) is 3.21. The lowest BCUT2D eigenvalue weighted by Crippen LogP contribution is -2.30. The summed E-state index contributed by atoms with van der Waals surface area (Å²) in [5.41, 5.74) is 2.31. The number of carbonyl (C=O) groups excluding carboxylic acids is 1. The van der Waals surface area contributed by atoms with E-state index in [2.05, 4.69) is 12.1 Å². The molecular formula is C17H17NO2S. The van der Waals surface area contributed by atoms with E-state index < -0.39 is 0 Å². The molecule has 2 aromatic rings. The predicted molar refractivity (Wildman–Crippen MR) is 85.2 cm³/mol. The first-order valence-corrected chi connectivity index (χ1v) is 8.03. The fourth-order valence-corrected chi connectivity index (χ4v) is 3.72. The van der Waals surface area contributed by atoms with Gasteiger partial charge in [-0.05, 0) is 29.7 Å². The van der Waals surface area contributed by atoms with Gasteiger partial charge in [-0.15, -0.1) is 11.8 Å². The van der Waals surface area contributed by atoms with E-state index in [0.717, 1.165) is 12.0 Å². The monoisotopic (exact) mass is 299 g/mol. The molecule has 1 N–H and O–H groups in total. The first kappa shape index (κ1) is 14.0. The zero-order valence-electron chi connectivity index (χ0n) is 11.6. The molecule has 1 saturated heterocycles. The molecular weight excluding hydrogens is 282 g/mol. The van der Waals surface area contributed by atoms with Gasteiger partial charge in [0.15, 0.2) is 0 Å². The van der Waals surface area contributed by atoms with Crippen LogP contribution in [0.1, 0.15) is 16.5 Å². The van der Waals surface area contributed by atoms with Gasteiger partial charge in [0.25, 0.3) is 0 Å². The molecule has 108 valence electrons. The van der Waals surface area contributed by atoms with Gasteiger partial charge >= 0.3 is 0 Å². The highest BCUT2D eigenvalue weighted by molar-refractivity contribution is 8.00. The summed E-state index contributed by atoms with van der Waals surface area (Å²) in [6.07, 6.45) is 0.802. The average Bonchev–Trinajstić information content (AvgIpc) is 2.89. The lowest BCUT2D eigenvalue weighted by Gasteiger charge is -2.24. The molecule has 0 bridgehead atoms. The van der Waals surface area contributed by atoms with Crippen LogP contribution in [0.3, 0.4) is 0 Å². The minimum atomic E-state index is 0.121. The largest absolute Gasteiger partial charge is 0.508 e. The first-order chi connectivity index (χ1) is 10.2. The molecule has 3 nitrogen and oxygen atoms in total. The Morgan fingerprint density at radius 1 is 1.10 bits per heavy atom. The van der Waals surface area contributed by atoms with Crippen molar-refractivity contribution in [1.82, 2.24) is 4.90 Å². The van der Waals surface area contributed by atoms with Crippen LogP contribution in [-0.4, -0.2) is 28.2 Å². The number of hydrogen-bond donors (Lipinski definition) is 1. The molecule has 4 heteroatoms. The lowest BCUT2D eigenvalue weighted by atomic mass is 10.1. The van der Waals surface area contributed by atoms with Gasteiger partial charge in [-0.2, -0.15) is 0 Å². The van der Waals surface area contributed by atoms with Crippen LogP contribution in [0.25, 0.3) is 0 Å². The second-order valence-electron chi connectivity index (χ2n) is 5.08. The molecule has 2 aromatic carbocycles. The van der Waals surface area contributed by atoms with Gasteiger partial charge in [-0.1, -0.05) is 42.5 Å². The molecule has 0 spiro atoms. The number of rotatable bonds is 4. The van der Waals surface area contributed by atoms with E-state index in [1.807, 2.05) is 35.2 Å². The number of nitrogens with zero attached hydrogens (tertiary/aromatic N) is 1. The molecule has 0 aliphatic carbocycles. The van der Waals surface area contributed by atoms with E-state index in [0.29, 0.717) is 12.3 Å². The van der Waals surface area contributed by atoms with Gasteiger partial charge in [-0.25, -0.2) is 0 Å². The Kier molecular flexibility index (Phi) is 4.15. The smallest absolute Gasteiger partial charge is 0.233 e. The van der Waals surface area contributed by atoms with Gasteiger partial charge in [-0.3, -0.25) is 4.79 Å². The molecule has 21 heavy (non-hydrogen) atoms. The minimum absolute atomic E-state index is 0.121. The summed E-state index contributed by atoms with van der Waals surface area (Å²) in [4.78, 5) is 14.0. The summed E-state index contributed by atoms with van der Waals surface area (Å²) >= 11 is 1.69. The fourth-order valence-electron chi connectivity index (χ4n) is 2.50. The highest BCUT2D eigenvalue weighted by Crippen LogP contribution is 2.38. The second kappa shape index (κ2) is 6.22. The van der Waals surface area contributed by atoms with Crippen LogP contribution in [0.15, 0.2) is 54.6 Å². The van der Waals surface area contributed by atoms with Gasteiger partial charge in [0.1, 0.15) is 11.1 Å². The quantitative estimate of drug-likeness (QED) is 0.942. The Hall–Kier alpha value is -1.94.